The largest absolute Gasteiger partial charge is 0.394 e. The van der Waals surface area contributed by atoms with Crippen molar-refractivity contribution in [3.8, 4) is 0 Å². The van der Waals surface area contributed by atoms with Gasteiger partial charge in [0.2, 0.25) is 0 Å². The second-order valence-electron chi connectivity index (χ2n) is 5.06. The maximum Gasteiger partial charge on any atom is 0.317 e. The Labute approximate surface area is 127 Å². The standard InChI is InChI=1S/C14H20N2O6/c17-7-9-10(18)11(19)12(20)13(22-9)16-14(21)15-6-8-4-2-1-3-5-8/h1-5,9-13,17-20H,6-7H2,(H2,15,16,21)/t9-,10-,11+,12-,13-/m1/s1. The van der Waals surface area contributed by atoms with Crippen molar-refractivity contribution in [2.24, 2.45) is 0 Å². The number of aliphatic hydroxyl groups excluding tert-OH is 4. The molecule has 0 bridgehead atoms. The molecule has 1 aliphatic heterocycles. The average molecular weight is 312 g/mol. The number of rotatable bonds is 4. The number of ether oxygens (including phenoxy) is 1. The lowest BCUT2D eigenvalue weighted by molar-refractivity contribution is -0.233. The molecule has 5 atom stereocenters. The van der Waals surface area contributed by atoms with E-state index in [4.69, 9.17) is 9.84 Å². The van der Waals surface area contributed by atoms with Crippen LogP contribution in [0.15, 0.2) is 30.3 Å². The van der Waals surface area contributed by atoms with E-state index in [1.807, 2.05) is 30.3 Å². The molecule has 0 spiro atoms. The van der Waals surface area contributed by atoms with Crippen LogP contribution in [0, 0.1) is 0 Å². The van der Waals surface area contributed by atoms with Crippen molar-refractivity contribution in [2.75, 3.05) is 6.61 Å². The van der Waals surface area contributed by atoms with Crippen molar-refractivity contribution in [1.82, 2.24) is 10.6 Å². The van der Waals surface area contributed by atoms with Crippen molar-refractivity contribution < 1.29 is 30.0 Å². The molecule has 6 N–H and O–H groups in total. The first-order valence-corrected chi connectivity index (χ1v) is 6.91. The molecule has 0 radical (unpaired) electrons. The van der Waals surface area contributed by atoms with Crippen LogP contribution < -0.4 is 10.6 Å². The van der Waals surface area contributed by atoms with Crippen molar-refractivity contribution in [2.45, 2.75) is 37.2 Å². The van der Waals surface area contributed by atoms with E-state index in [1.165, 1.54) is 0 Å². The van der Waals surface area contributed by atoms with Gasteiger partial charge in [-0.1, -0.05) is 30.3 Å². The third kappa shape index (κ3) is 3.93. The van der Waals surface area contributed by atoms with E-state index in [1.54, 1.807) is 0 Å². The molecule has 22 heavy (non-hydrogen) atoms. The van der Waals surface area contributed by atoms with Crippen molar-refractivity contribution >= 4 is 6.03 Å². The Hall–Kier alpha value is -1.71. The maximum absolute atomic E-state index is 11.8. The maximum atomic E-state index is 11.8. The highest BCUT2D eigenvalue weighted by Gasteiger charge is 2.43. The normalized spacial score (nSPS) is 31.5. The van der Waals surface area contributed by atoms with Crippen LogP contribution in [0.1, 0.15) is 5.56 Å². The molecular weight excluding hydrogens is 292 g/mol. The number of benzene rings is 1. The zero-order valence-electron chi connectivity index (χ0n) is 11.8. The molecule has 1 fully saturated rings. The van der Waals surface area contributed by atoms with Gasteiger partial charge in [-0.05, 0) is 5.56 Å². The third-order valence-electron chi connectivity index (χ3n) is 3.46. The number of nitrogens with one attached hydrogen (secondary N) is 2. The Morgan fingerprint density at radius 3 is 2.41 bits per heavy atom. The molecular formula is C14H20N2O6. The van der Waals surface area contributed by atoms with Gasteiger partial charge in [0.1, 0.15) is 24.4 Å². The summed E-state index contributed by atoms with van der Waals surface area (Å²) in [5.41, 5.74) is 0.895. The summed E-state index contributed by atoms with van der Waals surface area (Å²) in [6.07, 6.45) is -6.76. The molecule has 1 heterocycles. The van der Waals surface area contributed by atoms with Gasteiger partial charge in [0.15, 0.2) is 6.23 Å². The van der Waals surface area contributed by atoms with E-state index in [-0.39, 0.29) is 6.54 Å². The number of aliphatic hydroxyl groups is 4. The van der Waals surface area contributed by atoms with Crippen LogP contribution >= 0.6 is 0 Å². The Morgan fingerprint density at radius 1 is 1.09 bits per heavy atom. The Balaban J connectivity index is 1.87. The molecule has 1 aromatic carbocycles. The van der Waals surface area contributed by atoms with Gasteiger partial charge in [-0.25, -0.2) is 4.79 Å². The van der Waals surface area contributed by atoms with E-state index in [0.717, 1.165) is 5.56 Å². The summed E-state index contributed by atoms with van der Waals surface area (Å²) < 4.78 is 5.17. The van der Waals surface area contributed by atoms with E-state index in [0.29, 0.717) is 0 Å². The number of amides is 2. The molecule has 2 amide bonds. The molecule has 0 aromatic heterocycles. The quantitative estimate of drug-likeness (QED) is 0.392. The van der Waals surface area contributed by atoms with Gasteiger partial charge in [-0.2, -0.15) is 0 Å². The lowest BCUT2D eigenvalue weighted by atomic mass is 9.98. The molecule has 1 aromatic rings. The zero-order valence-corrected chi connectivity index (χ0v) is 11.8. The Bertz CT molecular complexity index is 483. The molecule has 0 saturated carbocycles. The van der Waals surface area contributed by atoms with Crippen LogP contribution in [0.5, 0.6) is 0 Å². The van der Waals surface area contributed by atoms with Crippen LogP contribution in [-0.4, -0.2) is 63.7 Å². The highest BCUT2D eigenvalue weighted by molar-refractivity contribution is 5.74. The summed E-state index contributed by atoms with van der Waals surface area (Å²) in [6, 6.07) is 8.62. The fraction of sp³-hybridized carbons (Fsp3) is 0.500. The lowest BCUT2D eigenvalue weighted by Gasteiger charge is -2.40. The third-order valence-corrected chi connectivity index (χ3v) is 3.46. The summed E-state index contributed by atoms with van der Waals surface area (Å²) in [5, 5.41) is 43.1. The minimum atomic E-state index is -1.52. The van der Waals surface area contributed by atoms with Gasteiger partial charge >= 0.3 is 6.03 Å². The monoisotopic (exact) mass is 312 g/mol. The summed E-state index contributed by atoms with van der Waals surface area (Å²) in [5.74, 6) is 0. The fourth-order valence-electron chi connectivity index (χ4n) is 2.18. The second-order valence-corrected chi connectivity index (χ2v) is 5.06. The number of hydrogen-bond donors (Lipinski definition) is 6. The number of carbonyl (C=O) groups is 1. The summed E-state index contributed by atoms with van der Waals surface area (Å²) in [4.78, 5) is 11.8. The van der Waals surface area contributed by atoms with Crippen LogP contribution in [0.3, 0.4) is 0 Å². The minimum absolute atomic E-state index is 0.282. The highest BCUT2D eigenvalue weighted by atomic mass is 16.6. The summed E-state index contributed by atoms with van der Waals surface area (Å²) >= 11 is 0. The van der Waals surface area contributed by atoms with Gasteiger partial charge in [-0.15, -0.1) is 0 Å². The summed E-state index contributed by atoms with van der Waals surface area (Å²) in [6.45, 7) is -0.265. The van der Waals surface area contributed by atoms with Crippen LogP contribution in [0.25, 0.3) is 0 Å². The lowest BCUT2D eigenvalue weighted by Crippen LogP contribution is -2.64. The van der Waals surface area contributed by atoms with Gasteiger partial charge in [0, 0.05) is 6.54 Å². The predicted molar refractivity (Wildman–Crippen MR) is 75.6 cm³/mol. The molecule has 8 heteroatoms. The van der Waals surface area contributed by atoms with Crippen LogP contribution in [-0.2, 0) is 11.3 Å². The number of hydrogen-bond acceptors (Lipinski definition) is 6. The average Bonchev–Trinajstić information content (AvgIpc) is 2.54. The smallest absolute Gasteiger partial charge is 0.317 e. The van der Waals surface area contributed by atoms with Gasteiger partial charge in [0.05, 0.1) is 6.61 Å². The molecule has 2 rings (SSSR count). The van der Waals surface area contributed by atoms with Crippen LogP contribution in [0.2, 0.25) is 0 Å². The van der Waals surface area contributed by atoms with Crippen LogP contribution in [0.4, 0.5) is 4.79 Å². The predicted octanol–water partition coefficient (Wildman–Crippen LogP) is -1.71. The summed E-state index contributed by atoms with van der Waals surface area (Å²) in [7, 11) is 0. The fourth-order valence-corrected chi connectivity index (χ4v) is 2.18. The van der Waals surface area contributed by atoms with E-state index in [9.17, 15) is 20.1 Å². The molecule has 122 valence electrons. The zero-order chi connectivity index (χ0) is 16.1. The minimum Gasteiger partial charge on any atom is -0.394 e. The Kier molecular flexibility index (Phi) is 5.69. The van der Waals surface area contributed by atoms with E-state index in [2.05, 4.69) is 10.6 Å². The van der Waals surface area contributed by atoms with E-state index >= 15 is 0 Å². The Morgan fingerprint density at radius 2 is 1.77 bits per heavy atom. The van der Waals surface area contributed by atoms with Gasteiger partial charge in [-0.3, -0.25) is 0 Å². The SMILES string of the molecule is O=C(NCc1ccccc1)N[C@@H]1O[C@H](CO)[C@@H](O)[C@H](O)[C@H]1O. The van der Waals surface area contributed by atoms with Crippen molar-refractivity contribution in [1.29, 1.82) is 0 Å². The number of carbonyl (C=O) groups excluding carboxylic acids is 1. The van der Waals surface area contributed by atoms with E-state index < -0.39 is 43.3 Å². The highest BCUT2D eigenvalue weighted by Crippen LogP contribution is 2.19. The van der Waals surface area contributed by atoms with Crippen molar-refractivity contribution in [3.05, 3.63) is 35.9 Å². The molecule has 1 aliphatic rings. The van der Waals surface area contributed by atoms with Gasteiger partial charge in [0.25, 0.3) is 0 Å². The first kappa shape index (κ1) is 16.7. The molecule has 0 aliphatic carbocycles. The first-order chi connectivity index (χ1) is 10.5. The van der Waals surface area contributed by atoms with Crippen molar-refractivity contribution in [3.63, 3.8) is 0 Å². The second kappa shape index (κ2) is 7.52. The molecule has 8 nitrogen and oxygen atoms in total. The molecule has 0 unspecified atom stereocenters. The topological polar surface area (TPSA) is 131 Å². The molecule has 1 saturated heterocycles. The first-order valence-electron chi connectivity index (χ1n) is 6.91. The number of urea groups is 1. The van der Waals surface area contributed by atoms with Gasteiger partial charge < -0.3 is 35.8 Å².